The highest BCUT2D eigenvalue weighted by Gasteiger charge is 2.23. The molecule has 0 unspecified atom stereocenters. The number of sulfonamides is 1. The number of ether oxygens (including phenoxy) is 2. The minimum absolute atomic E-state index is 0.0707. The summed E-state index contributed by atoms with van der Waals surface area (Å²) in [6.07, 6.45) is -0.0707. The quantitative estimate of drug-likeness (QED) is 0.697. The van der Waals surface area contributed by atoms with E-state index in [2.05, 4.69) is 25.4 Å². The Morgan fingerprint density at radius 3 is 2.67 bits per heavy atom. The van der Waals surface area contributed by atoms with Crippen LogP contribution in [-0.2, 0) is 24.3 Å². The van der Waals surface area contributed by atoms with Gasteiger partial charge in [-0.25, -0.2) is 17.9 Å². The van der Waals surface area contributed by atoms with E-state index in [4.69, 9.17) is 4.74 Å². The molecule has 1 rings (SSSR count). The zero-order chi connectivity index (χ0) is 16.0. The van der Waals surface area contributed by atoms with E-state index in [0.717, 1.165) is 11.3 Å². The van der Waals surface area contributed by atoms with Crippen molar-refractivity contribution in [3.63, 3.8) is 0 Å². The molecule has 118 valence electrons. The number of hydrogen-bond donors (Lipinski definition) is 1. The van der Waals surface area contributed by atoms with Crippen LogP contribution in [0, 0.1) is 0 Å². The van der Waals surface area contributed by atoms with E-state index >= 15 is 0 Å². The van der Waals surface area contributed by atoms with Crippen molar-refractivity contribution >= 4 is 49.2 Å². The molecule has 0 aliphatic heterocycles. The number of thiophene rings is 1. The van der Waals surface area contributed by atoms with Crippen LogP contribution in [0.25, 0.3) is 0 Å². The Balaban J connectivity index is 2.77. The van der Waals surface area contributed by atoms with Gasteiger partial charge < -0.3 is 9.47 Å². The van der Waals surface area contributed by atoms with Gasteiger partial charge in [0, 0.05) is 6.54 Å². The normalized spacial score (nSPS) is 11.2. The maximum atomic E-state index is 12.1. The van der Waals surface area contributed by atoms with Crippen molar-refractivity contribution in [2.45, 2.75) is 18.2 Å². The zero-order valence-electron chi connectivity index (χ0n) is 11.3. The second-order valence-electron chi connectivity index (χ2n) is 3.69. The lowest BCUT2D eigenvalue weighted by Gasteiger charge is -2.05. The van der Waals surface area contributed by atoms with E-state index < -0.39 is 22.0 Å². The monoisotopic (exact) mass is 399 g/mol. The van der Waals surface area contributed by atoms with Crippen LogP contribution < -0.4 is 4.72 Å². The Morgan fingerprint density at radius 1 is 1.43 bits per heavy atom. The lowest BCUT2D eigenvalue weighted by Crippen LogP contribution is -2.26. The van der Waals surface area contributed by atoms with E-state index in [1.165, 1.54) is 13.2 Å². The summed E-state index contributed by atoms with van der Waals surface area (Å²) in [4.78, 5) is 22.6. The van der Waals surface area contributed by atoms with Gasteiger partial charge in [0.05, 0.1) is 23.9 Å². The van der Waals surface area contributed by atoms with E-state index in [0.29, 0.717) is 0 Å². The van der Waals surface area contributed by atoms with Crippen LogP contribution in [0.15, 0.2) is 14.7 Å². The van der Waals surface area contributed by atoms with Crippen LogP contribution in [0.2, 0.25) is 0 Å². The highest BCUT2D eigenvalue weighted by atomic mass is 79.9. The molecule has 21 heavy (non-hydrogen) atoms. The number of rotatable bonds is 7. The van der Waals surface area contributed by atoms with E-state index in [1.54, 1.807) is 6.92 Å². The van der Waals surface area contributed by atoms with Gasteiger partial charge in [0.2, 0.25) is 10.0 Å². The van der Waals surface area contributed by atoms with Crippen molar-refractivity contribution in [1.29, 1.82) is 0 Å². The lowest BCUT2D eigenvalue weighted by atomic mass is 10.4. The van der Waals surface area contributed by atoms with E-state index in [-0.39, 0.29) is 33.1 Å². The van der Waals surface area contributed by atoms with E-state index in [1.807, 2.05) is 0 Å². The zero-order valence-corrected chi connectivity index (χ0v) is 14.6. The molecule has 0 amide bonds. The molecule has 0 aromatic carbocycles. The molecule has 0 saturated heterocycles. The van der Waals surface area contributed by atoms with Crippen molar-refractivity contribution in [3.05, 3.63) is 14.7 Å². The number of nitrogens with one attached hydrogen (secondary N) is 1. The van der Waals surface area contributed by atoms with Crippen LogP contribution in [-0.4, -0.2) is 40.6 Å². The Morgan fingerprint density at radius 2 is 2.10 bits per heavy atom. The first-order valence-electron chi connectivity index (χ1n) is 5.84. The van der Waals surface area contributed by atoms with Crippen molar-refractivity contribution in [2.24, 2.45) is 0 Å². The maximum Gasteiger partial charge on any atom is 0.348 e. The third kappa shape index (κ3) is 5.06. The second-order valence-corrected chi connectivity index (χ2v) is 7.80. The molecule has 1 heterocycles. The van der Waals surface area contributed by atoms with E-state index in [9.17, 15) is 18.0 Å². The highest BCUT2D eigenvalue weighted by Crippen LogP contribution is 2.31. The molecule has 1 N–H and O–H groups in total. The minimum atomic E-state index is -3.82. The molecule has 0 radical (unpaired) electrons. The number of esters is 2. The fraction of sp³-hybridized carbons (Fsp3) is 0.455. The molecule has 7 nitrogen and oxygen atoms in total. The topological polar surface area (TPSA) is 98.8 Å². The average molecular weight is 400 g/mol. The summed E-state index contributed by atoms with van der Waals surface area (Å²) in [5, 5.41) is 0. The Hall–Kier alpha value is -0.970. The van der Waals surface area contributed by atoms with Crippen LogP contribution in [0.5, 0.6) is 0 Å². The van der Waals surface area contributed by atoms with Gasteiger partial charge in [-0.2, -0.15) is 0 Å². The highest BCUT2D eigenvalue weighted by molar-refractivity contribution is 9.11. The molecule has 0 aliphatic rings. The molecule has 0 saturated carbocycles. The Kier molecular flexibility index (Phi) is 6.78. The first kappa shape index (κ1) is 18.1. The first-order chi connectivity index (χ1) is 9.81. The molecule has 1 aromatic heterocycles. The number of carbonyl (C=O) groups excluding carboxylic acids is 2. The molecule has 10 heteroatoms. The summed E-state index contributed by atoms with van der Waals surface area (Å²) in [6, 6.07) is 1.22. The predicted octanol–water partition coefficient (Wildman–Crippen LogP) is 1.53. The smallest absolute Gasteiger partial charge is 0.348 e. The van der Waals surface area contributed by atoms with Gasteiger partial charge in [-0.1, -0.05) is 0 Å². The second kappa shape index (κ2) is 7.87. The SMILES string of the molecule is CCOC(=O)CCNS(=O)(=O)c1cc(C(=O)OC)sc1Br. The van der Waals surface area contributed by atoms with Crippen molar-refractivity contribution < 1.29 is 27.5 Å². The van der Waals surface area contributed by atoms with Crippen LogP contribution in [0.4, 0.5) is 0 Å². The van der Waals surface area contributed by atoms with Gasteiger partial charge in [-0.15, -0.1) is 11.3 Å². The summed E-state index contributed by atoms with van der Waals surface area (Å²) in [7, 11) is -2.61. The van der Waals surface area contributed by atoms with Gasteiger partial charge in [0.25, 0.3) is 0 Å². The van der Waals surface area contributed by atoms with Gasteiger partial charge in [-0.05, 0) is 28.9 Å². The third-order valence-corrected chi connectivity index (χ3v) is 5.95. The number of halogens is 1. The van der Waals surface area contributed by atoms with Crippen molar-refractivity contribution in [2.75, 3.05) is 20.3 Å². The molecular formula is C11H14BrNO6S2. The van der Waals surface area contributed by atoms with Crippen LogP contribution in [0.3, 0.4) is 0 Å². The third-order valence-electron chi connectivity index (χ3n) is 2.26. The molecular weight excluding hydrogens is 386 g/mol. The summed E-state index contributed by atoms with van der Waals surface area (Å²) < 4.78 is 35.9. The fourth-order valence-electron chi connectivity index (χ4n) is 1.33. The van der Waals surface area contributed by atoms with Gasteiger partial charge >= 0.3 is 11.9 Å². The summed E-state index contributed by atoms with van der Waals surface area (Å²) >= 11 is 4.05. The molecule has 0 fully saturated rings. The van der Waals surface area contributed by atoms with Crippen LogP contribution >= 0.6 is 27.3 Å². The molecule has 0 atom stereocenters. The number of hydrogen-bond acceptors (Lipinski definition) is 7. The molecule has 0 bridgehead atoms. The maximum absolute atomic E-state index is 12.1. The van der Waals surface area contributed by atoms with Crippen LogP contribution in [0.1, 0.15) is 23.0 Å². The Labute approximate surface area is 134 Å². The fourth-order valence-corrected chi connectivity index (χ4v) is 4.85. The molecule has 1 aromatic rings. The first-order valence-corrected chi connectivity index (χ1v) is 8.94. The Bertz CT molecular complexity index is 625. The summed E-state index contributed by atoms with van der Waals surface area (Å²) in [6.45, 7) is 1.82. The summed E-state index contributed by atoms with van der Waals surface area (Å²) in [5.74, 6) is -1.10. The minimum Gasteiger partial charge on any atom is -0.466 e. The number of carbonyl (C=O) groups is 2. The average Bonchev–Trinajstić information content (AvgIpc) is 2.81. The lowest BCUT2D eigenvalue weighted by molar-refractivity contribution is -0.142. The molecule has 0 spiro atoms. The van der Waals surface area contributed by atoms with Gasteiger partial charge in [0.15, 0.2) is 0 Å². The predicted molar refractivity (Wildman–Crippen MR) is 79.8 cm³/mol. The van der Waals surface area contributed by atoms with Crippen molar-refractivity contribution in [3.8, 4) is 0 Å². The largest absolute Gasteiger partial charge is 0.466 e. The van der Waals surface area contributed by atoms with Gasteiger partial charge in [-0.3, -0.25) is 4.79 Å². The number of methoxy groups -OCH3 is 1. The van der Waals surface area contributed by atoms with Gasteiger partial charge in [0.1, 0.15) is 9.77 Å². The molecule has 0 aliphatic carbocycles. The summed E-state index contributed by atoms with van der Waals surface area (Å²) in [5.41, 5.74) is 0. The van der Waals surface area contributed by atoms with Crippen molar-refractivity contribution in [1.82, 2.24) is 4.72 Å². The standard InChI is InChI=1S/C11H14BrNO6S2/c1-3-19-9(14)4-5-13-21(16,17)8-6-7(11(15)18-2)20-10(8)12/h6,13H,3-5H2,1-2H3.